The lowest BCUT2D eigenvalue weighted by molar-refractivity contribution is 0.259. The number of benzene rings is 2. The second-order valence-electron chi connectivity index (χ2n) is 6.22. The molecule has 4 nitrogen and oxygen atoms in total. The van der Waals surface area contributed by atoms with Gasteiger partial charge in [-0.1, -0.05) is 41.6 Å². The first-order chi connectivity index (χ1) is 11.6. The van der Waals surface area contributed by atoms with Crippen LogP contribution < -0.4 is 4.74 Å². The third kappa shape index (κ3) is 3.77. The second-order valence-corrected chi connectivity index (χ2v) is 6.22. The number of rotatable bonds is 7. The summed E-state index contributed by atoms with van der Waals surface area (Å²) in [7, 11) is 2.11. The molecule has 0 N–H and O–H groups in total. The number of nitrogens with zero attached hydrogens (tertiary/aromatic N) is 2. The lowest BCUT2D eigenvalue weighted by atomic mass is 10.1. The second kappa shape index (κ2) is 7.49. The van der Waals surface area contributed by atoms with Crippen molar-refractivity contribution in [1.29, 1.82) is 0 Å². The van der Waals surface area contributed by atoms with Gasteiger partial charge in [-0.05, 0) is 38.8 Å². The van der Waals surface area contributed by atoms with Crippen LogP contribution in [-0.2, 0) is 6.54 Å². The van der Waals surface area contributed by atoms with Crippen molar-refractivity contribution < 1.29 is 9.26 Å². The smallest absolute Gasteiger partial charge is 0.138 e. The van der Waals surface area contributed by atoms with E-state index in [1.807, 2.05) is 32.0 Å². The van der Waals surface area contributed by atoms with E-state index < -0.39 is 0 Å². The van der Waals surface area contributed by atoms with Crippen molar-refractivity contribution in [3.8, 4) is 5.75 Å². The quantitative estimate of drug-likeness (QED) is 0.606. The summed E-state index contributed by atoms with van der Waals surface area (Å²) in [6.07, 6.45) is 0.975. The summed E-state index contributed by atoms with van der Waals surface area (Å²) in [4.78, 5) is 2.28. The molecule has 0 spiro atoms. The topological polar surface area (TPSA) is 38.5 Å². The van der Waals surface area contributed by atoms with Gasteiger partial charge in [0, 0.05) is 24.0 Å². The van der Waals surface area contributed by atoms with Gasteiger partial charge in [0.05, 0.1) is 12.3 Å². The minimum Gasteiger partial charge on any atom is -0.493 e. The van der Waals surface area contributed by atoms with E-state index in [9.17, 15) is 0 Å². The van der Waals surface area contributed by atoms with E-state index >= 15 is 0 Å². The van der Waals surface area contributed by atoms with Gasteiger partial charge in [-0.2, -0.15) is 0 Å². The monoisotopic (exact) mass is 324 g/mol. The van der Waals surface area contributed by atoms with E-state index in [4.69, 9.17) is 9.26 Å². The maximum absolute atomic E-state index is 5.99. The molecule has 0 fully saturated rings. The predicted octanol–water partition coefficient (Wildman–Crippen LogP) is 4.35. The SMILES string of the molecule is Cc1noc(C)c1CN(C)CCCOc1cccc2ccccc12. The Morgan fingerprint density at radius 3 is 2.67 bits per heavy atom. The van der Waals surface area contributed by atoms with Crippen molar-refractivity contribution in [2.45, 2.75) is 26.8 Å². The van der Waals surface area contributed by atoms with Gasteiger partial charge in [-0.3, -0.25) is 0 Å². The van der Waals surface area contributed by atoms with Gasteiger partial charge in [-0.25, -0.2) is 0 Å². The highest BCUT2D eigenvalue weighted by Gasteiger charge is 2.11. The third-order valence-corrected chi connectivity index (χ3v) is 4.30. The van der Waals surface area contributed by atoms with Gasteiger partial charge in [0.2, 0.25) is 0 Å². The van der Waals surface area contributed by atoms with E-state index in [0.717, 1.165) is 36.7 Å². The summed E-state index contributed by atoms with van der Waals surface area (Å²) in [6, 6.07) is 14.5. The van der Waals surface area contributed by atoms with Crippen LogP contribution in [0.5, 0.6) is 5.75 Å². The lowest BCUT2D eigenvalue weighted by Gasteiger charge is -2.17. The molecule has 0 unspecified atom stereocenters. The van der Waals surface area contributed by atoms with Crippen LogP contribution in [0.25, 0.3) is 10.8 Å². The summed E-state index contributed by atoms with van der Waals surface area (Å²) in [5.41, 5.74) is 2.17. The highest BCUT2D eigenvalue weighted by atomic mass is 16.5. The fraction of sp³-hybridized carbons (Fsp3) is 0.350. The zero-order valence-electron chi connectivity index (χ0n) is 14.6. The van der Waals surface area contributed by atoms with Gasteiger partial charge in [0.15, 0.2) is 0 Å². The summed E-state index contributed by atoms with van der Waals surface area (Å²) in [5, 5.41) is 6.39. The molecule has 2 aromatic carbocycles. The summed E-state index contributed by atoms with van der Waals surface area (Å²) < 4.78 is 11.2. The molecule has 3 aromatic rings. The van der Waals surface area contributed by atoms with Gasteiger partial charge in [0.1, 0.15) is 11.5 Å². The van der Waals surface area contributed by atoms with Crippen molar-refractivity contribution in [2.24, 2.45) is 0 Å². The van der Waals surface area contributed by atoms with E-state index in [1.165, 1.54) is 16.3 Å². The molecule has 126 valence electrons. The van der Waals surface area contributed by atoms with Crippen molar-refractivity contribution in [2.75, 3.05) is 20.2 Å². The van der Waals surface area contributed by atoms with E-state index in [1.54, 1.807) is 0 Å². The van der Waals surface area contributed by atoms with Gasteiger partial charge < -0.3 is 14.2 Å². The van der Waals surface area contributed by atoms with Crippen LogP contribution in [0.15, 0.2) is 47.0 Å². The molecule has 1 heterocycles. The van der Waals surface area contributed by atoms with Crippen molar-refractivity contribution in [1.82, 2.24) is 10.1 Å². The number of ether oxygens (including phenoxy) is 1. The molecule has 4 heteroatoms. The van der Waals surface area contributed by atoms with E-state index in [0.29, 0.717) is 6.61 Å². The van der Waals surface area contributed by atoms with Crippen LogP contribution in [0.3, 0.4) is 0 Å². The molecule has 1 aromatic heterocycles. The first kappa shape index (κ1) is 16.5. The van der Waals surface area contributed by atoms with Crippen LogP contribution in [0.2, 0.25) is 0 Å². The number of hydrogen-bond acceptors (Lipinski definition) is 4. The lowest BCUT2D eigenvalue weighted by Crippen LogP contribution is -2.21. The molecule has 0 radical (unpaired) electrons. The Morgan fingerprint density at radius 2 is 1.88 bits per heavy atom. The maximum atomic E-state index is 5.99. The first-order valence-electron chi connectivity index (χ1n) is 8.36. The van der Waals surface area contributed by atoms with Crippen molar-refractivity contribution >= 4 is 10.8 Å². The fourth-order valence-electron chi connectivity index (χ4n) is 2.91. The Morgan fingerprint density at radius 1 is 1.08 bits per heavy atom. The van der Waals surface area contributed by atoms with Gasteiger partial charge in [0.25, 0.3) is 0 Å². The molecule has 0 aliphatic heterocycles. The largest absolute Gasteiger partial charge is 0.493 e. The standard InChI is InChI=1S/C20H24N2O2/c1-15-19(16(2)24-21-15)14-22(3)12-7-13-23-20-11-6-9-17-8-4-5-10-18(17)20/h4-6,8-11H,7,12-14H2,1-3H3. The molecular formula is C20H24N2O2. The van der Waals surface area contributed by atoms with Gasteiger partial charge >= 0.3 is 0 Å². The Bertz CT molecular complexity index is 786. The van der Waals surface area contributed by atoms with Crippen LogP contribution in [0, 0.1) is 13.8 Å². The zero-order chi connectivity index (χ0) is 16.9. The molecule has 0 atom stereocenters. The molecular weight excluding hydrogens is 300 g/mol. The average Bonchev–Trinajstić information content (AvgIpc) is 2.91. The molecule has 0 aliphatic carbocycles. The molecule has 0 saturated carbocycles. The molecule has 24 heavy (non-hydrogen) atoms. The normalized spacial score (nSPS) is 11.3. The van der Waals surface area contributed by atoms with Crippen LogP contribution in [0.1, 0.15) is 23.4 Å². The Kier molecular flexibility index (Phi) is 5.16. The Balaban J connectivity index is 1.50. The first-order valence-corrected chi connectivity index (χ1v) is 8.36. The summed E-state index contributed by atoms with van der Waals surface area (Å²) >= 11 is 0. The van der Waals surface area contributed by atoms with Crippen LogP contribution >= 0.6 is 0 Å². The van der Waals surface area contributed by atoms with E-state index in [2.05, 4.69) is 41.4 Å². The number of aromatic nitrogens is 1. The zero-order valence-corrected chi connectivity index (χ0v) is 14.6. The molecule has 0 amide bonds. The van der Waals surface area contributed by atoms with Crippen LogP contribution in [0.4, 0.5) is 0 Å². The highest BCUT2D eigenvalue weighted by Crippen LogP contribution is 2.25. The summed E-state index contributed by atoms with van der Waals surface area (Å²) in [6.45, 7) is 6.49. The number of aryl methyl sites for hydroxylation is 2. The highest BCUT2D eigenvalue weighted by molar-refractivity contribution is 5.88. The van der Waals surface area contributed by atoms with Crippen LogP contribution in [-0.4, -0.2) is 30.3 Å². The van der Waals surface area contributed by atoms with Gasteiger partial charge in [-0.15, -0.1) is 0 Å². The summed E-state index contributed by atoms with van der Waals surface area (Å²) in [5.74, 6) is 1.87. The number of hydrogen-bond donors (Lipinski definition) is 0. The third-order valence-electron chi connectivity index (χ3n) is 4.30. The molecule has 0 saturated heterocycles. The maximum Gasteiger partial charge on any atom is 0.138 e. The van der Waals surface area contributed by atoms with Crippen molar-refractivity contribution in [3.63, 3.8) is 0 Å². The predicted molar refractivity (Wildman–Crippen MR) is 96.4 cm³/mol. The molecule has 3 rings (SSSR count). The molecule has 0 bridgehead atoms. The van der Waals surface area contributed by atoms with E-state index in [-0.39, 0.29) is 0 Å². The minimum absolute atomic E-state index is 0.708. The average molecular weight is 324 g/mol. The Labute approximate surface area is 143 Å². The fourth-order valence-corrected chi connectivity index (χ4v) is 2.91. The molecule has 0 aliphatic rings. The Hall–Kier alpha value is -2.33. The number of fused-ring (bicyclic) bond motifs is 1. The minimum atomic E-state index is 0.708. The van der Waals surface area contributed by atoms with Crippen molar-refractivity contribution in [3.05, 3.63) is 59.5 Å².